The monoisotopic (exact) mass is 395 g/mol. The molecule has 0 aliphatic rings. The molecule has 1 amide bonds. The van der Waals surface area contributed by atoms with Crippen LogP contribution in [0.3, 0.4) is 0 Å². The maximum Gasteiger partial charge on any atom is 0.252 e. The van der Waals surface area contributed by atoms with Crippen LogP contribution in [0.5, 0.6) is 0 Å². The minimum Gasteiger partial charge on any atom is -0.396 e. The number of halogens is 2. The van der Waals surface area contributed by atoms with E-state index in [1.165, 1.54) is 0 Å². The first-order chi connectivity index (χ1) is 8.75. The van der Waals surface area contributed by atoms with Crippen LogP contribution in [-0.4, -0.2) is 23.7 Å². The van der Waals surface area contributed by atoms with E-state index in [4.69, 9.17) is 16.7 Å². The number of carbonyl (C=O) groups is 1. The molecule has 0 spiro atoms. The van der Waals surface area contributed by atoms with E-state index >= 15 is 0 Å². The summed E-state index contributed by atoms with van der Waals surface area (Å²) in [7, 11) is 0. The number of hydrogen-bond acceptors (Lipinski definition) is 2. The molecule has 0 saturated carbocycles. The number of benzene rings is 1. The lowest BCUT2D eigenvalue weighted by molar-refractivity contribution is 0.0884. The summed E-state index contributed by atoms with van der Waals surface area (Å²) in [5.74, 6) is -0.153. The molecule has 0 radical (unpaired) electrons. The molecule has 3 nitrogen and oxygen atoms in total. The molecule has 19 heavy (non-hydrogen) atoms. The molecule has 0 aliphatic carbocycles. The molecule has 0 saturated heterocycles. The van der Waals surface area contributed by atoms with E-state index < -0.39 is 0 Å². The van der Waals surface area contributed by atoms with E-state index in [-0.39, 0.29) is 24.0 Å². The summed E-state index contributed by atoms with van der Waals surface area (Å²) < 4.78 is 0.858. The number of nitrogens with one attached hydrogen (secondary N) is 1. The number of aliphatic hydroxyl groups excluding tert-OH is 1. The van der Waals surface area contributed by atoms with Crippen LogP contribution < -0.4 is 5.32 Å². The van der Waals surface area contributed by atoms with Gasteiger partial charge in [-0.2, -0.15) is 0 Å². The zero-order valence-corrected chi connectivity index (χ0v) is 14.2. The Morgan fingerprint density at radius 1 is 1.47 bits per heavy atom. The average molecular weight is 396 g/mol. The Labute approximate surface area is 132 Å². The topological polar surface area (TPSA) is 49.3 Å². The predicted octanol–water partition coefficient (Wildman–Crippen LogP) is 3.47. The Morgan fingerprint density at radius 3 is 2.63 bits per heavy atom. The van der Waals surface area contributed by atoms with Crippen LogP contribution in [0, 0.1) is 8.99 Å². The van der Waals surface area contributed by atoms with Gasteiger partial charge in [0.05, 0.1) is 5.56 Å². The second-order valence-corrected chi connectivity index (χ2v) is 7.13. The molecule has 106 valence electrons. The van der Waals surface area contributed by atoms with Crippen molar-refractivity contribution in [3.05, 3.63) is 32.4 Å². The Kier molecular flexibility index (Phi) is 6.08. The van der Waals surface area contributed by atoms with Crippen LogP contribution in [0.1, 0.15) is 37.6 Å². The van der Waals surface area contributed by atoms with Crippen molar-refractivity contribution in [2.24, 2.45) is 5.41 Å². The molecular weight excluding hydrogens is 377 g/mol. The van der Waals surface area contributed by atoms with E-state index in [0.29, 0.717) is 17.0 Å². The molecule has 5 heteroatoms. The molecule has 0 aliphatic heterocycles. The van der Waals surface area contributed by atoms with Gasteiger partial charge in [-0.3, -0.25) is 4.79 Å². The van der Waals surface area contributed by atoms with Gasteiger partial charge in [-0.25, -0.2) is 0 Å². The summed E-state index contributed by atoms with van der Waals surface area (Å²) in [5.41, 5.74) is 0.461. The standard InChI is InChI=1S/C14H19ClINO2/c1-14(2,3)12(6-7-18)17-13(19)10-8-9(15)4-5-11(10)16/h4-5,8,12,18H,6-7H2,1-3H3,(H,17,19). The van der Waals surface area contributed by atoms with Crippen LogP contribution in [-0.2, 0) is 0 Å². The number of carbonyl (C=O) groups excluding carboxylic acids is 1. The van der Waals surface area contributed by atoms with Crippen molar-refractivity contribution >= 4 is 40.1 Å². The van der Waals surface area contributed by atoms with Gasteiger partial charge in [-0.15, -0.1) is 0 Å². The van der Waals surface area contributed by atoms with Crippen LogP contribution in [0.4, 0.5) is 0 Å². The van der Waals surface area contributed by atoms with Gasteiger partial charge in [0.25, 0.3) is 5.91 Å². The Hall–Kier alpha value is -0.330. The maximum absolute atomic E-state index is 12.3. The summed E-state index contributed by atoms with van der Waals surface area (Å²) in [6.45, 7) is 6.17. The third-order valence-corrected chi connectivity index (χ3v) is 4.12. The second-order valence-electron chi connectivity index (χ2n) is 5.53. The van der Waals surface area contributed by atoms with E-state index in [1.54, 1.807) is 12.1 Å². The van der Waals surface area contributed by atoms with Crippen LogP contribution >= 0.6 is 34.2 Å². The van der Waals surface area contributed by atoms with Crippen LogP contribution in [0.25, 0.3) is 0 Å². The van der Waals surface area contributed by atoms with Crippen molar-refractivity contribution in [2.75, 3.05) is 6.61 Å². The molecule has 0 bridgehead atoms. The fourth-order valence-electron chi connectivity index (χ4n) is 1.76. The van der Waals surface area contributed by atoms with Crippen molar-refractivity contribution in [1.82, 2.24) is 5.32 Å². The number of amides is 1. The fourth-order valence-corrected chi connectivity index (χ4v) is 2.51. The van der Waals surface area contributed by atoms with E-state index in [0.717, 1.165) is 3.57 Å². The molecular formula is C14H19ClINO2. The fraction of sp³-hybridized carbons (Fsp3) is 0.500. The van der Waals surface area contributed by atoms with Gasteiger partial charge in [0, 0.05) is 21.2 Å². The van der Waals surface area contributed by atoms with E-state index in [1.807, 2.05) is 26.8 Å². The van der Waals surface area contributed by atoms with Gasteiger partial charge in [0.15, 0.2) is 0 Å². The van der Waals surface area contributed by atoms with Gasteiger partial charge in [-0.1, -0.05) is 32.4 Å². The average Bonchev–Trinajstić information content (AvgIpc) is 2.30. The Bertz CT molecular complexity index is 457. The lowest BCUT2D eigenvalue weighted by Crippen LogP contribution is -2.44. The molecule has 0 fully saturated rings. The third kappa shape index (κ3) is 4.93. The minimum absolute atomic E-state index is 0.0505. The first-order valence-corrected chi connectivity index (χ1v) is 7.58. The highest BCUT2D eigenvalue weighted by Crippen LogP contribution is 2.23. The zero-order valence-electron chi connectivity index (χ0n) is 11.3. The van der Waals surface area contributed by atoms with Gasteiger partial charge in [0.1, 0.15) is 0 Å². The summed E-state index contributed by atoms with van der Waals surface area (Å²) in [6, 6.07) is 5.15. The highest BCUT2D eigenvalue weighted by molar-refractivity contribution is 14.1. The molecule has 2 N–H and O–H groups in total. The van der Waals surface area contributed by atoms with Crippen molar-refractivity contribution < 1.29 is 9.90 Å². The normalized spacial score (nSPS) is 13.2. The molecule has 1 rings (SSSR count). The summed E-state index contributed by atoms with van der Waals surface area (Å²) in [4.78, 5) is 12.3. The van der Waals surface area contributed by atoms with Crippen LogP contribution in [0.2, 0.25) is 5.02 Å². The predicted molar refractivity (Wildman–Crippen MR) is 86.6 cm³/mol. The first-order valence-electron chi connectivity index (χ1n) is 6.12. The van der Waals surface area contributed by atoms with E-state index in [2.05, 4.69) is 27.9 Å². The van der Waals surface area contributed by atoms with Gasteiger partial charge in [-0.05, 0) is 52.6 Å². The summed E-state index contributed by atoms with van der Waals surface area (Å²) in [5, 5.41) is 12.6. The number of rotatable bonds is 4. The quantitative estimate of drug-likeness (QED) is 0.767. The Morgan fingerprint density at radius 2 is 2.11 bits per heavy atom. The molecule has 1 aromatic rings. The van der Waals surface area contributed by atoms with Gasteiger partial charge >= 0.3 is 0 Å². The van der Waals surface area contributed by atoms with Gasteiger partial charge < -0.3 is 10.4 Å². The second kappa shape index (κ2) is 6.90. The third-order valence-electron chi connectivity index (χ3n) is 2.94. The number of aliphatic hydroxyl groups is 1. The molecule has 0 heterocycles. The lowest BCUT2D eigenvalue weighted by Gasteiger charge is -2.31. The van der Waals surface area contributed by atoms with Crippen molar-refractivity contribution in [3.63, 3.8) is 0 Å². The highest BCUT2D eigenvalue weighted by atomic mass is 127. The molecule has 0 aromatic heterocycles. The molecule has 1 unspecified atom stereocenters. The summed E-state index contributed by atoms with van der Waals surface area (Å²) in [6.07, 6.45) is 0.534. The number of hydrogen-bond donors (Lipinski definition) is 2. The highest BCUT2D eigenvalue weighted by Gasteiger charge is 2.26. The van der Waals surface area contributed by atoms with Gasteiger partial charge in [0.2, 0.25) is 0 Å². The SMILES string of the molecule is CC(C)(C)C(CCO)NC(=O)c1cc(Cl)ccc1I. The largest absolute Gasteiger partial charge is 0.396 e. The maximum atomic E-state index is 12.3. The van der Waals surface area contributed by atoms with Crippen molar-refractivity contribution in [2.45, 2.75) is 33.2 Å². The molecule has 1 aromatic carbocycles. The lowest BCUT2D eigenvalue weighted by atomic mass is 9.85. The molecule has 1 atom stereocenters. The minimum atomic E-state index is -0.153. The Balaban J connectivity index is 2.91. The first kappa shape index (κ1) is 16.7. The van der Waals surface area contributed by atoms with Crippen LogP contribution in [0.15, 0.2) is 18.2 Å². The van der Waals surface area contributed by atoms with Crippen molar-refractivity contribution in [3.8, 4) is 0 Å². The smallest absolute Gasteiger partial charge is 0.252 e. The summed E-state index contributed by atoms with van der Waals surface area (Å²) >= 11 is 8.04. The zero-order chi connectivity index (χ0) is 14.6. The van der Waals surface area contributed by atoms with E-state index in [9.17, 15) is 4.79 Å². The van der Waals surface area contributed by atoms with Crippen molar-refractivity contribution in [1.29, 1.82) is 0 Å².